The number of nitrogen functional groups attached to an aromatic ring is 2. The van der Waals surface area contributed by atoms with Gasteiger partial charge in [-0.25, -0.2) is 9.38 Å². The molecule has 3 aromatic carbocycles. The van der Waals surface area contributed by atoms with Crippen LogP contribution in [0.15, 0.2) is 84.0 Å². The Bertz CT molecular complexity index is 1700. The maximum atomic E-state index is 13.6. The lowest BCUT2D eigenvalue weighted by Crippen LogP contribution is -2.15. The van der Waals surface area contributed by atoms with Crippen molar-refractivity contribution in [1.82, 2.24) is 15.0 Å². The second-order valence-corrected chi connectivity index (χ2v) is 9.34. The number of pyridine rings is 1. The fourth-order valence-corrected chi connectivity index (χ4v) is 4.70. The number of aliphatic imine (C=N–C) groups is 1. The molecule has 2 aromatic heterocycles. The highest BCUT2D eigenvalue weighted by Gasteiger charge is 2.24. The number of anilines is 5. The van der Waals surface area contributed by atoms with Crippen LogP contribution in [0.2, 0.25) is 5.02 Å². The van der Waals surface area contributed by atoms with Crippen LogP contribution in [0.4, 0.5) is 39.0 Å². The summed E-state index contributed by atoms with van der Waals surface area (Å²) >= 11 is 6.15. The van der Waals surface area contributed by atoms with Crippen molar-refractivity contribution in [3.05, 3.63) is 101 Å². The highest BCUT2D eigenvalue weighted by molar-refractivity contribution is 6.31. The van der Waals surface area contributed by atoms with Crippen molar-refractivity contribution in [2.24, 2.45) is 4.99 Å². The summed E-state index contributed by atoms with van der Waals surface area (Å²) in [6.07, 6.45) is 2.23. The van der Waals surface area contributed by atoms with E-state index in [1.54, 1.807) is 18.3 Å². The van der Waals surface area contributed by atoms with E-state index >= 15 is 0 Å². The van der Waals surface area contributed by atoms with Gasteiger partial charge in [-0.2, -0.15) is 9.97 Å². The van der Waals surface area contributed by atoms with Gasteiger partial charge in [-0.05, 0) is 59.7 Å². The summed E-state index contributed by atoms with van der Waals surface area (Å²) in [6.45, 7) is 0. The molecule has 0 spiro atoms. The normalized spacial score (nSPS) is 14.8. The molecule has 0 saturated heterocycles. The minimum absolute atomic E-state index is 0.0491. The van der Waals surface area contributed by atoms with Gasteiger partial charge < -0.3 is 22.1 Å². The van der Waals surface area contributed by atoms with E-state index in [2.05, 4.69) is 31.7 Å². The monoisotopic (exact) mass is 524 g/mol. The van der Waals surface area contributed by atoms with Crippen molar-refractivity contribution in [3.63, 3.8) is 0 Å². The van der Waals surface area contributed by atoms with Crippen molar-refractivity contribution < 1.29 is 4.39 Å². The first-order valence-corrected chi connectivity index (χ1v) is 12.2. The van der Waals surface area contributed by atoms with Crippen molar-refractivity contribution in [3.8, 4) is 0 Å². The number of rotatable bonds is 4. The summed E-state index contributed by atoms with van der Waals surface area (Å²) in [4.78, 5) is 17.6. The predicted molar refractivity (Wildman–Crippen MR) is 151 cm³/mol. The molecule has 5 aromatic rings. The fourth-order valence-electron chi connectivity index (χ4n) is 4.54. The van der Waals surface area contributed by atoms with Gasteiger partial charge in [0.05, 0.1) is 17.3 Å². The molecule has 0 bridgehead atoms. The van der Waals surface area contributed by atoms with Crippen LogP contribution in [0.5, 0.6) is 0 Å². The molecule has 0 fully saturated rings. The molecule has 188 valence electrons. The Balaban J connectivity index is 1.38. The fraction of sp³-hybridized carbons (Fsp3) is 0.0714. The SMILES string of the molecule is Nc1nc(N)c2c(n1)NC(c1cccc(Nc3ccnc4cc(Cl)ccc34)c1)CC(c1ccc(F)cc1)=N2. The lowest BCUT2D eigenvalue weighted by Gasteiger charge is -2.20. The highest BCUT2D eigenvalue weighted by atomic mass is 35.5. The first kappa shape index (κ1) is 23.6. The van der Waals surface area contributed by atoms with E-state index in [4.69, 9.17) is 28.1 Å². The number of nitrogens with one attached hydrogen (secondary N) is 2. The molecule has 0 amide bonds. The average Bonchev–Trinajstić information content (AvgIpc) is 3.09. The Morgan fingerprint density at radius 3 is 2.66 bits per heavy atom. The summed E-state index contributed by atoms with van der Waals surface area (Å²) in [6, 6.07) is 21.6. The number of hydrogen-bond acceptors (Lipinski definition) is 8. The summed E-state index contributed by atoms with van der Waals surface area (Å²) in [5.41, 5.74) is 17.5. The second-order valence-electron chi connectivity index (χ2n) is 8.90. The quantitative estimate of drug-likeness (QED) is 0.214. The number of fused-ring (bicyclic) bond motifs is 2. The van der Waals surface area contributed by atoms with Gasteiger partial charge in [-0.1, -0.05) is 35.9 Å². The molecule has 38 heavy (non-hydrogen) atoms. The number of benzene rings is 3. The van der Waals surface area contributed by atoms with Gasteiger partial charge in [0.1, 0.15) is 11.5 Å². The molecule has 1 aliphatic rings. The van der Waals surface area contributed by atoms with Gasteiger partial charge in [-0.15, -0.1) is 0 Å². The van der Waals surface area contributed by atoms with Crippen molar-refractivity contribution in [1.29, 1.82) is 0 Å². The zero-order valence-electron chi connectivity index (χ0n) is 20.0. The van der Waals surface area contributed by atoms with E-state index in [-0.39, 0.29) is 23.6 Å². The van der Waals surface area contributed by atoms with E-state index in [0.717, 1.165) is 39.1 Å². The van der Waals surface area contributed by atoms with Crippen molar-refractivity contribution >= 4 is 62.9 Å². The largest absolute Gasteiger partial charge is 0.382 e. The maximum Gasteiger partial charge on any atom is 0.224 e. The van der Waals surface area contributed by atoms with Crippen LogP contribution in [-0.4, -0.2) is 20.7 Å². The zero-order chi connectivity index (χ0) is 26.2. The summed E-state index contributed by atoms with van der Waals surface area (Å²) < 4.78 is 13.6. The van der Waals surface area contributed by atoms with E-state index in [9.17, 15) is 4.39 Å². The molecule has 0 aliphatic carbocycles. The molecule has 8 nitrogen and oxygen atoms in total. The lowest BCUT2D eigenvalue weighted by molar-refractivity contribution is 0.627. The average molecular weight is 525 g/mol. The van der Waals surface area contributed by atoms with Crippen LogP contribution in [0.25, 0.3) is 10.9 Å². The van der Waals surface area contributed by atoms with Gasteiger partial charge in [0.25, 0.3) is 0 Å². The highest BCUT2D eigenvalue weighted by Crippen LogP contribution is 2.38. The topological polar surface area (TPSA) is 127 Å². The number of hydrogen-bond donors (Lipinski definition) is 4. The third-order valence-electron chi connectivity index (χ3n) is 6.33. The van der Waals surface area contributed by atoms with Crippen LogP contribution in [0.1, 0.15) is 23.6 Å². The number of nitrogens with zero attached hydrogens (tertiary/aromatic N) is 4. The lowest BCUT2D eigenvalue weighted by atomic mass is 9.97. The van der Waals surface area contributed by atoms with Crippen molar-refractivity contribution in [2.75, 3.05) is 22.1 Å². The van der Waals surface area contributed by atoms with Gasteiger partial charge in [0, 0.05) is 34.4 Å². The second kappa shape index (κ2) is 9.60. The van der Waals surface area contributed by atoms with Crippen LogP contribution in [-0.2, 0) is 0 Å². The Hall–Kier alpha value is -4.76. The Morgan fingerprint density at radius 1 is 0.974 bits per heavy atom. The van der Waals surface area contributed by atoms with Crippen molar-refractivity contribution in [2.45, 2.75) is 12.5 Å². The molecule has 0 radical (unpaired) electrons. The third-order valence-corrected chi connectivity index (χ3v) is 6.57. The maximum absolute atomic E-state index is 13.6. The summed E-state index contributed by atoms with van der Waals surface area (Å²) in [5.74, 6) is 0.333. The molecule has 10 heteroatoms. The van der Waals surface area contributed by atoms with Gasteiger partial charge >= 0.3 is 0 Å². The molecular weight excluding hydrogens is 503 g/mol. The van der Waals surface area contributed by atoms with E-state index in [0.29, 0.717) is 22.9 Å². The zero-order valence-corrected chi connectivity index (χ0v) is 20.7. The van der Waals surface area contributed by atoms with E-state index < -0.39 is 0 Å². The smallest absolute Gasteiger partial charge is 0.224 e. The molecular formula is C28H22ClFN8. The molecule has 1 aliphatic heterocycles. The summed E-state index contributed by atoms with van der Waals surface area (Å²) in [7, 11) is 0. The number of aromatic nitrogens is 3. The van der Waals surface area contributed by atoms with E-state index in [1.165, 1.54) is 12.1 Å². The minimum atomic E-state index is -0.321. The minimum Gasteiger partial charge on any atom is -0.382 e. The van der Waals surface area contributed by atoms with Gasteiger partial charge in [0.15, 0.2) is 11.6 Å². The van der Waals surface area contributed by atoms with Crippen LogP contribution in [0.3, 0.4) is 0 Å². The molecule has 0 saturated carbocycles. The van der Waals surface area contributed by atoms with Gasteiger partial charge in [0.2, 0.25) is 5.95 Å². The third kappa shape index (κ3) is 4.67. The molecule has 1 atom stereocenters. The Morgan fingerprint density at radius 2 is 1.82 bits per heavy atom. The number of halogens is 2. The Kier molecular flexibility index (Phi) is 5.97. The Labute approximate surface area is 222 Å². The molecule has 6 N–H and O–H groups in total. The predicted octanol–water partition coefficient (Wildman–Crippen LogP) is 6.40. The number of nitrogens with two attached hydrogens (primary N) is 2. The standard InChI is InChI=1S/C28H22ClFN8/c29-17-6-9-20-21(10-11-33-24(20)13-17)34-19-3-1-2-16(12-19)23-14-22(15-4-7-18(30)8-5-15)35-25-26(31)37-28(32)38-27(25)36-23/h1-13,23H,14H2,(H,33,34)(H5,31,32,36,37,38). The van der Waals surface area contributed by atoms with Gasteiger partial charge in [-0.3, -0.25) is 4.98 Å². The molecule has 1 unspecified atom stereocenters. The molecule has 6 rings (SSSR count). The summed E-state index contributed by atoms with van der Waals surface area (Å²) in [5, 5.41) is 8.53. The molecule has 3 heterocycles. The van der Waals surface area contributed by atoms with E-state index in [1.807, 2.05) is 42.5 Å². The van der Waals surface area contributed by atoms with Crippen LogP contribution >= 0.6 is 11.6 Å². The first-order chi connectivity index (χ1) is 18.4. The first-order valence-electron chi connectivity index (χ1n) is 11.9. The van der Waals surface area contributed by atoms with Crippen LogP contribution in [0, 0.1) is 5.82 Å². The van der Waals surface area contributed by atoms with Crippen LogP contribution < -0.4 is 22.1 Å².